The van der Waals surface area contributed by atoms with Crippen molar-refractivity contribution in [1.82, 2.24) is 0 Å². The number of phosphoric ester groups is 1. The molecule has 11 nitrogen and oxygen atoms in total. The number of carbonyl (C=O) groups is 3. The summed E-state index contributed by atoms with van der Waals surface area (Å²) in [6, 6.07) is 0. The quantitative estimate of drug-likeness (QED) is 0.211. The van der Waals surface area contributed by atoms with Crippen LogP contribution in [0.3, 0.4) is 0 Å². The van der Waals surface area contributed by atoms with Crippen molar-refractivity contribution < 1.29 is 53.6 Å². The third-order valence-corrected chi connectivity index (χ3v) is 2.04. The van der Waals surface area contributed by atoms with Gasteiger partial charge in [-0.15, -0.1) is 0 Å². The van der Waals surface area contributed by atoms with Crippen molar-refractivity contribution in [3.05, 3.63) is 0 Å². The van der Waals surface area contributed by atoms with E-state index in [1.165, 1.54) is 0 Å². The standard InChI is InChI=1S/C6H9O11P/c7-3(16-12)1-6(11,5(9)10)2-4(8)17-18(13,14)15/h11-12H,1-2H2,(H,9,10)(H2,13,14,15). The lowest BCUT2D eigenvalue weighted by Crippen LogP contribution is -2.43. The predicted octanol–water partition coefficient (Wildman–Crippen LogP) is -1.77. The summed E-state index contributed by atoms with van der Waals surface area (Å²) in [7, 11) is -5.20. The summed E-state index contributed by atoms with van der Waals surface area (Å²) in [6.45, 7) is 0. The highest BCUT2D eigenvalue weighted by atomic mass is 31.2. The molecule has 0 heterocycles. The normalized spacial score (nSPS) is 14.4. The second-order valence-corrected chi connectivity index (χ2v) is 4.27. The van der Waals surface area contributed by atoms with E-state index in [2.05, 4.69) is 9.41 Å². The number of carboxylic acids is 1. The first kappa shape index (κ1) is 16.5. The lowest BCUT2D eigenvalue weighted by molar-refractivity contribution is -0.238. The highest BCUT2D eigenvalue weighted by Gasteiger charge is 2.43. The van der Waals surface area contributed by atoms with Crippen molar-refractivity contribution in [2.24, 2.45) is 0 Å². The van der Waals surface area contributed by atoms with Gasteiger partial charge in [0.1, 0.15) is 0 Å². The largest absolute Gasteiger partial charge is 0.526 e. The molecule has 0 radical (unpaired) electrons. The first-order valence-electron chi connectivity index (χ1n) is 4.08. The number of rotatable bonds is 6. The Kier molecular flexibility index (Phi) is 5.39. The first-order chi connectivity index (χ1) is 8.00. The number of carboxylic acid groups (broad SMARTS) is 1. The summed E-state index contributed by atoms with van der Waals surface area (Å²) < 4.78 is 13.8. The summed E-state index contributed by atoms with van der Waals surface area (Å²) in [5.41, 5.74) is -3.02. The fraction of sp³-hybridized carbons (Fsp3) is 0.500. The van der Waals surface area contributed by atoms with Crippen molar-refractivity contribution in [2.75, 3.05) is 0 Å². The highest BCUT2D eigenvalue weighted by Crippen LogP contribution is 2.37. The third kappa shape index (κ3) is 5.70. The van der Waals surface area contributed by atoms with Gasteiger partial charge in [-0.3, -0.25) is 14.6 Å². The molecule has 0 aromatic heterocycles. The molecule has 0 aromatic carbocycles. The molecule has 0 saturated heterocycles. The molecular formula is C6H9O11P. The van der Waals surface area contributed by atoms with Gasteiger partial charge >= 0.3 is 25.7 Å². The summed E-state index contributed by atoms with van der Waals surface area (Å²) in [5, 5.41) is 25.9. The second kappa shape index (κ2) is 5.89. The number of carbonyl (C=O) groups excluding carboxylic acids is 2. The summed E-state index contributed by atoms with van der Waals surface area (Å²) in [6.07, 6.45) is -2.75. The fourth-order valence-corrected chi connectivity index (χ4v) is 1.22. The fourth-order valence-electron chi connectivity index (χ4n) is 0.888. The van der Waals surface area contributed by atoms with E-state index >= 15 is 0 Å². The lowest BCUT2D eigenvalue weighted by Gasteiger charge is -2.20. The molecule has 0 amide bonds. The average Bonchev–Trinajstić information content (AvgIpc) is 2.13. The molecule has 0 spiro atoms. The van der Waals surface area contributed by atoms with E-state index in [9.17, 15) is 24.1 Å². The number of hydrogen-bond acceptors (Lipinski definition) is 8. The van der Waals surface area contributed by atoms with Crippen molar-refractivity contribution in [3.8, 4) is 0 Å². The van der Waals surface area contributed by atoms with Gasteiger partial charge in [-0.05, 0) is 0 Å². The monoisotopic (exact) mass is 288 g/mol. The average molecular weight is 288 g/mol. The van der Waals surface area contributed by atoms with Gasteiger partial charge in [0, 0.05) is 0 Å². The van der Waals surface area contributed by atoms with Gasteiger partial charge in [-0.2, -0.15) is 5.26 Å². The number of aliphatic hydroxyl groups is 1. The molecule has 18 heavy (non-hydrogen) atoms. The Hall–Kier alpha value is -1.52. The predicted molar refractivity (Wildman–Crippen MR) is 48.7 cm³/mol. The van der Waals surface area contributed by atoms with Crippen LogP contribution in [0, 0.1) is 0 Å². The second-order valence-electron chi connectivity index (χ2n) is 3.11. The number of phosphoric acid groups is 1. The first-order valence-corrected chi connectivity index (χ1v) is 5.61. The Morgan fingerprint density at radius 2 is 1.56 bits per heavy atom. The Morgan fingerprint density at radius 1 is 1.11 bits per heavy atom. The Morgan fingerprint density at radius 3 is 1.89 bits per heavy atom. The van der Waals surface area contributed by atoms with Gasteiger partial charge in [-0.25, -0.2) is 14.2 Å². The van der Waals surface area contributed by atoms with Crippen molar-refractivity contribution >= 4 is 25.7 Å². The van der Waals surface area contributed by atoms with Gasteiger partial charge in [0.15, 0.2) is 5.60 Å². The summed E-state index contributed by atoms with van der Waals surface area (Å²) in [4.78, 5) is 51.8. The molecule has 0 aliphatic heterocycles. The molecule has 12 heteroatoms. The van der Waals surface area contributed by atoms with Crippen LogP contribution < -0.4 is 0 Å². The zero-order chi connectivity index (χ0) is 14.6. The minimum atomic E-state index is -5.20. The maximum absolute atomic E-state index is 10.9. The van der Waals surface area contributed by atoms with E-state index in [-0.39, 0.29) is 0 Å². The van der Waals surface area contributed by atoms with Crippen LogP contribution in [-0.2, 0) is 28.4 Å². The van der Waals surface area contributed by atoms with E-state index in [0.717, 1.165) is 0 Å². The Labute approximate surface area is 98.7 Å². The highest BCUT2D eigenvalue weighted by molar-refractivity contribution is 7.46. The maximum Gasteiger partial charge on any atom is 0.526 e. The van der Waals surface area contributed by atoms with Crippen LogP contribution in [-0.4, -0.2) is 48.8 Å². The molecule has 0 aliphatic rings. The minimum absolute atomic E-state index is 1.32. The molecule has 1 unspecified atom stereocenters. The van der Waals surface area contributed by atoms with Crippen LogP contribution in [0.25, 0.3) is 0 Å². The molecule has 104 valence electrons. The van der Waals surface area contributed by atoms with Crippen LogP contribution in [0.5, 0.6) is 0 Å². The van der Waals surface area contributed by atoms with Gasteiger partial charge in [-0.1, -0.05) is 0 Å². The van der Waals surface area contributed by atoms with Crippen LogP contribution in [0.15, 0.2) is 0 Å². The summed E-state index contributed by atoms with van der Waals surface area (Å²) >= 11 is 0. The third-order valence-electron chi connectivity index (χ3n) is 1.59. The van der Waals surface area contributed by atoms with Gasteiger partial charge in [0.2, 0.25) is 0 Å². The number of hydrogen-bond donors (Lipinski definition) is 5. The van der Waals surface area contributed by atoms with Crippen LogP contribution in [0.1, 0.15) is 12.8 Å². The van der Waals surface area contributed by atoms with E-state index in [1.807, 2.05) is 0 Å². The topological polar surface area (TPSA) is 188 Å². The van der Waals surface area contributed by atoms with E-state index in [4.69, 9.17) is 20.2 Å². The number of aliphatic carboxylic acids is 1. The molecule has 5 N–H and O–H groups in total. The minimum Gasteiger partial charge on any atom is -0.479 e. The van der Waals surface area contributed by atoms with Gasteiger partial charge < -0.3 is 19.6 Å². The maximum atomic E-state index is 10.9. The zero-order valence-electron chi connectivity index (χ0n) is 8.55. The Balaban J connectivity index is 4.82. The molecular weight excluding hydrogens is 279 g/mol. The molecule has 0 rings (SSSR count). The van der Waals surface area contributed by atoms with Crippen LogP contribution >= 0.6 is 7.82 Å². The molecule has 0 bridgehead atoms. The zero-order valence-corrected chi connectivity index (χ0v) is 9.44. The molecule has 0 aliphatic carbocycles. The summed E-state index contributed by atoms with van der Waals surface area (Å²) in [5.74, 6) is -5.36. The van der Waals surface area contributed by atoms with Gasteiger partial charge in [0.25, 0.3) is 0 Å². The Bertz CT molecular complexity index is 396. The molecule has 0 aromatic rings. The van der Waals surface area contributed by atoms with Gasteiger partial charge in [0.05, 0.1) is 12.8 Å². The van der Waals surface area contributed by atoms with E-state index in [1.54, 1.807) is 0 Å². The van der Waals surface area contributed by atoms with Crippen molar-refractivity contribution in [3.63, 3.8) is 0 Å². The van der Waals surface area contributed by atoms with E-state index < -0.39 is 44.2 Å². The smallest absolute Gasteiger partial charge is 0.479 e. The lowest BCUT2D eigenvalue weighted by atomic mass is 9.96. The van der Waals surface area contributed by atoms with Crippen LogP contribution in [0.2, 0.25) is 0 Å². The van der Waals surface area contributed by atoms with Crippen molar-refractivity contribution in [2.45, 2.75) is 18.4 Å². The molecule has 0 saturated carbocycles. The van der Waals surface area contributed by atoms with Crippen LogP contribution in [0.4, 0.5) is 0 Å². The van der Waals surface area contributed by atoms with Crippen molar-refractivity contribution in [1.29, 1.82) is 0 Å². The SMILES string of the molecule is O=C(CC(O)(CC(=O)OP(=O)(O)O)C(=O)O)OO. The van der Waals surface area contributed by atoms with E-state index in [0.29, 0.717) is 0 Å². The molecule has 0 fully saturated rings. The molecule has 1 atom stereocenters.